The van der Waals surface area contributed by atoms with E-state index in [4.69, 9.17) is 9.29 Å². The van der Waals surface area contributed by atoms with E-state index in [-0.39, 0.29) is 37.6 Å². The van der Waals surface area contributed by atoms with Crippen LogP contribution in [0.1, 0.15) is 16.8 Å². The van der Waals surface area contributed by atoms with Crippen LogP contribution >= 0.6 is 15.9 Å². The number of nitrogens with one attached hydrogen (secondary N) is 1. The first kappa shape index (κ1) is 23.3. The maximum Gasteiger partial charge on any atom is 0.270 e. The summed E-state index contributed by atoms with van der Waals surface area (Å²) in [4.78, 5) is 24.6. The summed E-state index contributed by atoms with van der Waals surface area (Å²) in [5.41, 5.74) is 0.262. The molecule has 12 heteroatoms. The molecule has 152 valence electrons. The summed E-state index contributed by atoms with van der Waals surface area (Å²) in [6.45, 7) is 0.567. The van der Waals surface area contributed by atoms with Crippen LogP contribution in [-0.4, -0.2) is 68.8 Å². The Morgan fingerprint density at radius 1 is 1.41 bits per heavy atom. The lowest BCUT2D eigenvalue weighted by Gasteiger charge is -2.25. The maximum atomic E-state index is 12.5. The molecule has 2 N–H and O–H groups in total. The van der Waals surface area contributed by atoms with Gasteiger partial charge in [-0.15, -0.1) is 0 Å². The Labute approximate surface area is 165 Å². The van der Waals surface area contributed by atoms with Crippen molar-refractivity contribution in [3.05, 3.63) is 33.9 Å². The second-order valence-electron chi connectivity index (χ2n) is 5.49. The van der Waals surface area contributed by atoms with Gasteiger partial charge in [0.05, 0.1) is 29.0 Å². The number of anilines is 1. The second kappa shape index (κ2) is 11.2. The Morgan fingerprint density at radius 3 is 2.67 bits per heavy atom. The van der Waals surface area contributed by atoms with Gasteiger partial charge in [0, 0.05) is 43.7 Å². The van der Waals surface area contributed by atoms with Crippen molar-refractivity contribution in [2.45, 2.75) is 6.42 Å². The molecule has 1 aromatic rings. The molecule has 0 spiro atoms. The summed E-state index contributed by atoms with van der Waals surface area (Å²) in [6.07, 6.45) is 1.29. The maximum absolute atomic E-state index is 12.5. The second-order valence-corrected chi connectivity index (χ2v) is 7.93. The topological polar surface area (TPSA) is 139 Å². The number of amides is 1. The molecule has 0 fully saturated rings. The number of aliphatic hydroxyl groups excluding tert-OH is 1. The van der Waals surface area contributed by atoms with Crippen LogP contribution in [-0.2, 0) is 14.3 Å². The summed E-state index contributed by atoms with van der Waals surface area (Å²) in [5.74, 6) is -0.522. The molecule has 0 aromatic heterocycles. The average molecular weight is 468 g/mol. The van der Waals surface area contributed by atoms with Crippen LogP contribution in [0.15, 0.2) is 18.2 Å². The molecule has 27 heavy (non-hydrogen) atoms. The van der Waals surface area contributed by atoms with Gasteiger partial charge in [-0.25, -0.2) is 0 Å². The number of rotatable bonds is 12. The molecule has 0 aliphatic carbocycles. The summed E-state index contributed by atoms with van der Waals surface area (Å²) >= 11 is 3.29. The largest absolute Gasteiger partial charge is 0.396 e. The summed E-state index contributed by atoms with van der Waals surface area (Å²) < 4.78 is 27.0. The monoisotopic (exact) mass is 467 g/mol. The van der Waals surface area contributed by atoms with Gasteiger partial charge in [0.2, 0.25) is 0 Å². The molecule has 0 unspecified atom stereocenters. The number of alkyl halides is 1. The van der Waals surface area contributed by atoms with Crippen molar-refractivity contribution in [2.75, 3.05) is 49.3 Å². The standard InChI is InChI=1S/C15H22BrN3O7S/c1-27(24,25)26-10-8-18(7-5-16)14-4-3-12(19(22)23)11-13(14)15(21)17-6-2-9-20/h3-4,11,20H,2,5-10H2,1H3,(H,17,21). The first-order valence-electron chi connectivity index (χ1n) is 8.02. The van der Waals surface area contributed by atoms with Crippen LogP contribution in [0.25, 0.3) is 0 Å². The molecule has 0 radical (unpaired) electrons. The lowest BCUT2D eigenvalue weighted by Crippen LogP contribution is -2.33. The molecular weight excluding hydrogens is 446 g/mol. The van der Waals surface area contributed by atoms with Gasteiger partial charge in [-0.2, -0.15) is 8.42 Å². The van der Waals surface area contributed by atoms with Crippen molar-refractivity contribution in [1.29, 1.82) is 0 Å². The Hall–Kier alpha value is -1.76. The van der Waals surface area contributed by atoms with E-state index in [1.54, 1.807) is 4.90 Å². The first-order chi connectivity index (χ1) is 12.7. The minimum Gasteiger partial charge on any atom is -0.396 e. The van der Waals surface area contributed by atoms with Crippen LogP contribution in [0.4, 0.5) is 11.4 Å². The lowest BCUT2D eigenvalue weighted by molar-refractivity contribution is -0.384. The number of non-ortho nitro benzene ring substituents is 1. The van der Waals surface area contributed by atoms with Gasteiger partial charge in [-0.3, -0.25) is 19.1 Å². The predicted molar refractivity (Wildman–Crippen MR) is 104 cm³/mol. The van der Waals surface area contributed by atoms with Crippen molar-refractivity contribution in [1.82, 2.24) is 5.32 Å². The molecule has 0 atom stereocenters. The Balaban J connectivity index is 3.14. The normalized spacial score (nSPS) is 11.2. The summed E-state index contributed by atoms with van der Waals surface area (Å²) in [5, 5.41) is 23.0. The third kappa shape index (κ3) is 8.20. The molecule has 0 saturated carbocycles. The van der Waals surface area contributed by atoms with Gasteiger partial charge in [0.15, 0.2) is 0 Å². The van der Waals surface area contributed by atoms with Crippen LogP contribution in [0, 0.1) is 10.1 Å². The highest BCUT2D eigenvalue weighted by Crippen LogP contribution is 2.26. The zero-order chi connectivity index (χ0) is 20.4. The fourth-order valence-electron chi connectivity index (χ4n) is 2.22. The number of halogens is 1. The Bertz CT molecular complexity index is 758. The molecule has 0 bridgehead atoms. The van der Waals surface area contributed by atoms with E-state index in [1.807, 2.05) is 0 Å². The predicted octanol–water partition coefficient (Wildman–Crippen LogP) is 0.885. The minimum atomic E-state index is -3.61. The molecule has 0 heterocycles. The molecule has 0 saturated heterocycles. The van der Waals surface area contributed by atoms with Crippen molar-refractivity contribution in [2.24, 2.45) is 0 Å². The number of aliphatic hydroxyl groups is 1. The van der Waals surface area contributed by atoms with Crippen LogP contribution in [0.2, 0.25) is 0 Å². The number of nitro groups is 1. The van der Waals surface area contributed by atoms with Gasteiger partial charge in [-0.1, -0.05) is 15.9 Å². The molecule has 1 amide bonds. The van der Waals surface area contributed by atoms with E-state index in [0.29, 0.717) is 24.0 Å². The molecule has 0 aliphatic heterocycles. The van der Waals surface area contributed by atoms with Crippen LogP contribution < -0.4 is 10.2 Å². The smallest absolute Gasteiger partial charge is 0.270 e. The number of carbonyl (C=O) groups excluding carboxylic acids is 1. The number of carbonyl (C=O) groups is 1. The van der Waals surface area contributed by atoms with Crippen molar-refractivity contribution < 1.29 is 27.4 Å². The van der Waals surface area contributed by atoms with Crippen molar-refractivity contribution in [3.63, 3.8) is 0 Å². The van der Waals surface area contributed by atoms with Gasteiger partial charge in [-0.05, 0) is 12.5 Å². The summed E-state index contributed by atoms with van der Waals surface area (Å²) in [7, 11) is -3.61. The Morgan fingerprint density at radius 2 is 2.11 bits per heavy atom. The highest BCUT2D eigenvalue weighted by atomic mass is 79.9. The van der Waals surface area contributed by atoms with Gasteiger partial charge >= 0.3 is 0 Å². The SMILES string of the molecule is CS(=O)(=O)OCCN(CCBr)c1ccc([N+](=O)[O-])cc1C(=O)NCCCO. The number of hydrogen-bond acceptors (Lipinski definition) is 8. The molecule has 10 nitrogen and oxygen atoms in total. The molecule has 1 aromatic carbocycles. The summed E-state index contributed by atoms with van der Waals surface area (Å²) in [6, 6.07) is 3.89. The van der Waals surface area contributed by atoms with Gasteiger partial charge < -0.3 is 15.3 Å². The average Bonchev–Trinajstić information content (AvgIpc) is 2.59. The van der Waals surface area contributed by atoms with Crippen LogP contribution in [0.3, 0.4) is 0 Å². The number of nitrogens with zero attached hydrogens (tertiary/aromatic N) is 2. The zero-order valence-electron chi connectivity index (χ0n) is 14.8. The van der Waals surface area contributed by atoms with E-state index in [1.165, 1.54) is 18.2 Å². The lowest BCUT2D eigenvalue weighted by atomic mass is 10.1. The Kier molecular flexibility index (Phi) is 9.63. The van der Waals surface area contributed by atoms with E-state index in [9.17, 15) is 23.3 Å². The van der Waals surface area contributed by atoms with Crippen molar-refractivity contribution >= 4 is 43.3 Å². The fourth-order valence-corrected chi connectivity index (χ4v) is 3.03. The van der Waals surface area contributed by atoms with Crippen LogP contribution in [0.5, 0.6) is 0 Å². The highest BCUT2D eigenvalue weighted by Gasteiger charge is 2.20. The number of hydrogen-bond donors (Lipinski definition) is 2. The quantitative estimate of drug-likeness (QED) is 0.152. The third-order valence-electron chi connectivity index (χ3n) is 3.41. The van der Waals surface area contributed by atoms with Crippen molar-refractivity contribution in [3.8, 4) is 0 Å². The van der Waals surface area contributed by atoms with E-state index >= 15 is 0 Å². The minimum absolute atomic E-state index is 0.0856. The van der Waals surface area contributed by atoms with E-state index < -0.39 is 20.9 Å². The third-order valence-corrected chi connectivity index (χ3v) is 4.36. The van der Waals surface area contributed by atoms with Gasteiger partial charge in [0.1, 0.15) is 0 Å². The zero-order valence-corrected chi connectivity index (χ0v) is 17.2. The molecular formula is C15H22BrN3O7S. The molecule has 1 rings (SSSR count). The van der Waals surface area contributed by atoms with Gasteiger partial charge in [0.25, 0.3) is 21.7 Å². The first-order valence-corrected chi connectivity index (χ1v) is 11.0. The number of nitro benzene ring substituents is 1. The fraction of sp³-hybridized carbons (Fsp3) is 0.533. The van der Waals surface area contributed by atoms with E-state index in [2.05, 4.69) is 21.2 Å². The molecule has 0 aliphatic rings. The van der Waals surface area contributed by atoms with E-state index in [0.717, 1.165) is 6.26 Å². The number of benzene rings is 1. The highest BCUT2D eigenvalue weighted by molar-refractivity contribution is 9.09.